The minimum Gasteiger partial charge on any atom is -0.374 e. The first-order valence-electron chi connectivity index (χ1n) is 7.40. The third-order valence-corrected chi connectivity index (χ3v) is 4.19. The highest BCUT2D eigenvalue weighted by Gasteiger charge is 2.25. The molecule has 0 radical (unpaired) electrons. The summed E-state index contributed by atoms with van der Waals surface area (Å²) in [6.45, 7) is 4.18. The van der Waals surface area contributed by atoms with Crippen molar-refractivity contribution in [2.45, 2.75) is 57.1 Å². The molecular weight excluding hydrogens is 212 g/mol. The van der Waals surface area contributed by atoms with Crippen molar-refractivity contribution in [3.63, 3.8) is 0 Å². The van der Waals surface area contributed by atoms with Gasteiger partial charge in [0.15, 0.2) is 0 Å². The van der Waals surface area contributed by atoms with Crippen LogP contribution in [0.5, 0.6) is 0 Å². The van der Waals surface area contributed by atoms with Gasteiger partial charge in [-0.25, -0.2) is 0 Å². The molecule has 1 saturated carbocycles. The Morgan fingerprint density at radius 3 is 2.53 bits per heavy atom. The lowest BCUT2D eigenvalue weighted by atomic mass is 9.95. The van der Waals surface area contributed by atoms with E-state index < -0.39 is 0 Å². The molecule has 100 valence electrons. The summed E-state index contributed by atoms with van der Waals surface area (Å²) in [5, 5.41) is 3.23. The molecule has 0 aromatic rings. The van der Waals surface area contributed by atoms with Gasteiger partial charge < -0.3 is 10.1 Å². The molecule has 2 aliphatic rings. The van der Waals surface area contributed by atoms with Crippen molar-refractivity contribution in [1.82, 2.24) is 10.2 Å². The first kappa shape index (κ1) is 13.3. The van der Waals surface area contributed by atoms with Crippen LogP contribution in [0.15, 0.2) is 0 Å². The molecule has 0 bridgehead atoms. The van der Waals surface area contributed by atoms with E-state index in [0.29, 0.717) is 6.10 Å². The third-order valence-electron chi connectivity index (χ3n) is 4.19. The summed E-state index contributed by atoms with van der Waals surface area (Å²) in [6, 6.07) is 0.832. The van der Waals surface area contributed by atoms with Crippen molar-refractivity contribution in [2.24, 2.45) is 0 Å². The maximum Gasteiger partial charge on any atom is 0.0826 e. The minimum atomic E-state index is 0.402. The average molecular weight is 240 g/mol. The second-order valence-electron chi connectivity index (χ2n) is 5.54. The predicted octanol–water partition coefficient (Wildman–Crippen LogP) is 2.02. The standard InChI is InChI=1S/C14H28N2O/c1-15-11-14-12-16(9-10-17-14)13-7-5-3-2-4-6-8-13/h13-15H,2-12H2,1H3. The topological polar surface area (TPSA) is 24.5 Å². The van der Waals surface area contributed by atoms with Gasteiger partial charge in [0.25, 0.3) is 0 Å². The lowest BCUT2D eigenvalue weighted by Crippen LogP contribution is -2.50. The molecular formula is C14H28N2O. The molecule has 0 aromatic heterocycles. The van der Waals surface area contributed by atoms with Crippen molar-refractivity contribution < 1.29 is 4.74 Å². The Labute approximate surface area is 106 Å². The summed E-state index contributed by atoms with van der Waals surface area (Å²) in [5.41, 5.74) is 0. The van der Waals surface area contributed by atoms with Crippen LogP contribution in [0, 0.1) is 0 Å². The number of rotatable bonds is 3. The van der Waals surface area contributed by atoms with Gasteiger partial charge in [0.1, 0.15) is 0 Å². The lowest BCUT2D eigenvalue weighted by molar-refractivity contribution is -0.0446. The Kier molecular flexibility index (Phi) is 5.75. The Balaban J connectivity index is 1.81. The van der Waals surface area contributed by atoms with E-state index in [9.17, 15) is 0 Å². The van der Waals surface area contributed by atoms with Crippen LogP contribution in [0.25, 0.3) is 0 Å². The molecule has 1 aliphatic carbocycles. The molecule has 0 aromatic carbocycles. The maximum atomic E-state index is 5.79. The summed E-state index contributed by atoms with van der Waals surface area (Å²) in [7, 11) is 2.01. The van der Waals surface area contributed by atoms with E-state index in [4.69, 9.17) is 4.74 Å². The minimum absolute atomic E-state index is 0.402. The van der Waals surface area contributed by atoms with Crippen LogP contribution in [0.3, 0.4) is 0 Å². The second-order valence-corrected chi connectivity index (χ2v) is 5.54. The summed E-state index contributed by atoms with van der Waals surface area (Å²) in [6.07, 6.45) is 10.4. The van der Waals surface area contributed by atoms with Gasteiger partial charge in [-0.05, 0) is 19.9 Å². The van der Waals surface area contributed by atoms with Crippen LogP contribution in [0.2, 0.25) is 0 Å². The molecule has 0 amide bonds. The van der Waals surface area contributed by atoms with Crippen LogP contribution in [-0.2, 0) is 4.74 Å². The molecule has 1 saturated heterocycles. The molecule has 2 rings (SSSR count). The van der Waals surface area contributed by atoms with E-state index in [-0.39, 0.29) is 0 Å². The van der Waals surface area contributed by atoms with E-state index in [2.05, 4.69) is 10.2 Å². The SMILES string of the molecule is CNCC1CN(C2CCCCCCC2)CCO1. The molecule has 2 fully saturated rings. The van der Waals surface area contributed by atoms with Gasteiger partial charge >= 0.3 is 0 Å². The highest BCUT2D eigenvalue weighted by atomic mass is 16.5. The largest absolute Gasteiger partial charge is 0.374 e. The fourth-order valence-corrected chi connectivity index (χ4v) is 3.22. The van der Waals surface area contributed by atoms with Crippen LogP contribution in [-0.4, -0.2) is 50.3 Å². The van der Waals surface area contributed by atoms with E-state index in [1.165, 1.54) is 44.9 Å². The van der Waals surface area contributed by atoms with Gasteiger partial charge in [-0.1, -0.05) is 32.1 Å². The average Bonchev–Trinajstić information content (AvgIpc) is 2.29. The first-order valence-corrected chi connectivity index (χ1v) is 7.40. The normalized spacial score (nSPS) is 29.8. The summed E-state index contributed by atoms with van der Waals surface area (Å²) in [4.78, 5) is 2.69. The van der Waals surface area contributed by atoms with Gasteiger partial charge in [-0.2, -0.15) is 0 Å². The summed E-state index contributed by atoms with van der Waals surface area (Å²) < 4.78 is 5.79. The Bertz CT molecular complexity index is 200. The number of nitrogens with one attached hydrogen (secondary N) is 1. The molecule has 3 heteroatoms. The van der Waals surface area contributed by atoms with Crippen molar-refractivity contribution >= 4 is 0 Å². The molecule has 1 aliphatic heterocycles. The Morgan fingerprint density at radius 2 is 1.82 bits per heavy atom. The number of ether oxygens (including phenoxy) is 1. The smallest absolute Gasteiger partial charge is 0.0826 e. The number of morpholine rings is 1. The van der Waals surface area contributed by atoms with Gasteiger partial charge in [0, 0.05) is 25.7 Å². The van der Waals surface area contributed by atoms with E-state index in [1.54, 1.807) is 0 Å². The highest BCUT2D eigenvalue weighted by molar-refractivity contribution is 4.80. The van der Waals surface area contributed by atoms with Crippen molar-refractivity contribution in [3.05, 3.63) is 0 Å². The highest BCUT2D eigenvalue weighted by Crippen LogP contribution is 2.22. The third kappa shape index (κ3) is 4.23. The van der Waals surface area contributed by atoms with Crippen LogP contribution in [0.1, 0.15) is 44.9 Å². The van der Waals surface area contributed by atoms with Gasteiger partial charge in [-0.15, -0.1) is 0 Å². The molecule has 0 spiro atoms. The second kappa shape index (κ2) is 7.34. The van der Waals surface area contributed by atoms with Crippen LogP contribution in [0.4, 0.5) is 0 Å². The molecule has 3 nitrogen and oxygen atoms in total. The van der Waals surface area contributed by atoms with Gasteiger partial charge in [-0.3, -0.25) is 4.90 Å². The number of hydrogen-bond acceptors (Lipinski definition) is 3. The van der Waals surface area contributed by atoms with Crippen molar-refractivity contribution in [2.75, 3.05) is 33.3 Å². The lowest BCUT2D eigenvalue weighted by Gasteiger charge is -2.39. The van der Waals surface area contributed by atoms with Crippen molar-refractivity contribution in [3.8, 4) is 0 Å². The number of nitrogens with zero attached hydrogens (tertiary/aromatic N) is 1. The monoisotopic (exact) mass is 240 g/mol. The van der Waals surface area contributed by atoms with Crippen LogP contribution < -0.4 is 5.32 Å². The zero-order valence-electron chi connectivity index (χ0n) is 11.3. The maximum absolute atomic E-state index is 5.79. The molecule has 1 N–H and O–H groups in total. The first-order chi connectivity index (χ1) is 8.40. The number of hydrogen-bond donors (Lipinski definition) is 1. The molecule has 17 heavy (non-hydrogen) atoms. The Morgan fingerprint density at radius 1 is 1.12 bits per heavy atom. The quantitative estimate of drug-likeness (QED) is 0.817. The number of likely N-dealkylation sites (N-methyl/N-ethyl adjacent to an activating group) is 1. The fraction of sp³-hybridized carbons (Fsp3) is 1.00. The molecule has 1 atom stereocenters. The Hall–Kier alpha value is -0.120. The van der Waals surface area contributed by atoms with E-state index >= 15 is 0 Å². The molecule has 1 heterocycles. The van der Waals surface area contributed by atoms with Crippen molar-refractivity contribution in [1.29, 1.82) is 0 Å². The zero-order chi connectivity index (χ0) is 11.9. The van der Waals surface area contributed by atoms with E-state index in [0.717, 1.165) is 32.3 Å². The predicted molar refractivity (Wildman–Crippen MR) is 71.3 cm³/mol. The zero-order valence-corrected chi connectivity index (χ0v) is 11.3. The fourth-order valence-electron chi connectivity index (χ4n) is 3.22. The summed E-state index contributed by atoms with van der Waals surface area (Å²) in [5.74, 6) is 0. The van der Waals surface area contributed by atoms with E-state index in [1.807, 2.05) is 7.05 Å². The van der Waals surface area contributed by atoms with Gasteiger partial charge in [0.05, 0.1) is 12.7 Å². The molecule has 1 unspecified atom stereocenters. The van der Waals surface area contributed by atoms with Gasteiger partial charge in [0.2, 0.25) is 0 Å². The van der Waals surface area contributed by atoms with Crippen LogP contribution >= 0.6 is 0 Å². The summed E-state index contributed by atoms with van der Waals surface area (Å²) >= 11 is 0.